The fraction of sp³-hybridized carbons (Fsp3) is 0.211. The van der Waals surface area contributed by atoms with Crippen molar-refractivity contribution in [3.8, 4) is 5.75 Å². The fourth-order valence-corrected chi connectivity index (χ4v) is 2.38. The molecular formula is C19H22N2O2. The van der Waals surface area contributed by atoms with Gasteiger partial charge < -0.3 is 15.4 Å². The van der Waals surface area contributed by atoms with E-state index in [1.807, 2.05) is 44.2 Å². The molecule has 0 bridgehead atoms. The first-order valence-electron chi connectivity index (χ1n) is 7.55. The quantitative estimate of drug-likeness (QED) is 0.677. The molecule has 23 heavy (non-hydrogen) atoms. The van der Waals surface area contributed by atoms with E-state index in [0.29, 0.717) is 18.0 Å². The Morgan fingerprint density at radius 2 is 2.04 bits per heavy atom. The molecule has 0 radical (unpaired) electrons. The van der Waals surface area contributed by atoms with Crippen LogP contribution in [0.3, 0.4) is 0 Å². The minimum Gasteiger partial charge on any atom is -0.495 e. The first-order valence-corrected chi connectivity index (χ1v) is 7.55. The molecule has 2 aromatic carbocycles. The van der Waals surface area contributed by atoms with Gasteiger partial charge in [0.1, 0.15) is 5.75 Å². The van der Waals surface area contributed by atoms with Crippen molar-refractivity contribution >= 4 is 23.4 Å². The monoisotopic (exact) mass is 310 g/mol. The molecule has 0 heterocycles. The highest BCUT2D eigenvalue weighted by Gasteiger charge is 2.11. The average Bonchev–Trinajstić information content (AvgIpc) is 2.54. The largest absolute Gasteiger partial charge is 0.495 e. The molecule has 2 rings (SSSR count). The van der Waals surface area contributed by atoms with Crippen LogP contribution in [0.15, 0.2) is 48.5 Å². The maximum atomic E-state index is 12.5. The van der Waals surface area contributed by atoms with Crippen molar-refractivity contribution in [3.05, 3.63) is 59.7 Å². The smallest absolute Gasteiger partial charge is 0.250 e. The molecule has 4 heteroatoms. The van der Waals surface area contributed by atoms with Crippen LogP contribution in [0.4, 0.5) is 11.4 Å². The summed E-state index contributed by atoms with van der Waals surface area (Å²) in [6, 6.07) is 13.3. The highest BCUT2D eigenvalue weighted by molar-refractivity contribution is 6.03. The first-order chi connectivity index (χ1) is 11.0. The number of aryl methyl sites for hydroxylation is 1. The summed E-state index contributed by atoms with van der Waals surface area (Å²) in [5.74, 6) is 0.566. The van der Waals surface area contributed by atoms with Crippen molar-refractivity contribution < 1.29 is 9.53 Å². The summed E-state index contributed by atoms with van der Waals surface area (Å²) in [5.41, 5.74) is 9.31. The van der Waals surface area contributed by atoms with Gasteiger partial charge >= 0.3 is 0 Å². The lowest BCUT2D eigenvalue weighted by Gasteiger charge is -2.19. The summed E-state index contributed by atoms with van der Waals surface area (Å²) in [6.45, 7) is 4.58. The van der Waals surface area contributed by atoms with Gasteiger partial charge in [0.15, 0.2) is 0 Å². The van der Waals surface area contributed by atoms with Crippen molar-refractivity contribution in [1.29, 1.82) is 0 Å². The van der Waals surface area contributed by atoms with Crippen LogP contribution in [-0.2, 0) is 4.79 Å². The zero-order valence-corrected chi connectivity index (χ0v) is 13.7. The Morgan fingerprint density at radius 3 is 2.65 bits per heavy atom. The predicted molar refractivity (Wildman–Crippen MR) is 95.6 cm³/mol. The first kappa shape index (κ1) is 16.6. The fourth-order valence-electron chi connectivity index (χ4n) is 2.38. The van der Waals surface area contributed by atoms with E-state index in [0.717, 1.165) is 16.8 Å². The van der Waals surface area contributed by atoms with Crippen LogP contribution < -0.4 is 15.4 Å². The third-order valence-electron chi connectivity index (χ3n) is 3.57. The van der Waals surface area contributed by atoms with Crippen molar-refractivity contribution in [2.75, 3.05) is 24.3 Å². The van der Waals surface area contributed by atoms with E-state index in [1.54, 1.807) is 36.3 Å². The summed E-state index contributed by atoms with van der Waals surface area (Å²) in [4.78, 5) is 14.2. The molecule has 1 amide bonds. The molecule has 0 fully saturated rings. The van der Waals surface area contributed by atoms with Gasteiger partial charge in [0, 0.05) is 18.3 Å². The normalized spacial score (nSPS) is 10.7. The Morgan fingerprint density at radius 1 is 1.26 bits per heavy atom. The van der Waals surface area contributed by atoms with Gasteiger partial charge in [-0.2, -0.15) is 0 Å². The minimum atomic E-state index is -0.0625. The van der Waals surface area contributed by atoms with Crippen LogP contribution in [0, 0.1) is 6.92 Å². The van der Waals surface area contributed by atoms with Gasteiger partial charge in [-0.05, 0) is 55.3 Å². The van der Waals surface area contributed by atoms with Crippen molar-refractivity contribution in [1.82, 2.24) is 0 Å². The van der Waals surface area contributed by atoms with Crippen molar-refractivity contribution in [2.45, 2.75) is 13.8 Å². The number of methoxy groups -OCH3 is 1. The maximum absolute atomic E-state index is 12.5. The number of anilines is 2. The Labute approximate surface area is 137 Å². The highest BCUT2D eigenvalue weighted by atomic mass is 16.5. The molecular weight excluding hydrogens is 288 g/mol. The van der Waals surface area contributed by atoms with Crippen LogP contribution >= 0.6 is 0 Å². The predicted octanol–water partition coefficient (Wildman–Crippen LogP) is 3.65. The molecule has 0 aromatic heterocycles. The standard InChI is InChI=1S/C19H22N2O2/c1-4-21(16-7-5-6-14(2)12-16)19(22)11-9-15-8-10-18(23-3)17(20)13-15/h5-13H,4,20H2,1-3H3/b11-9-. The number of amides is 1. The van der Waals surface area contributed by atoms with E-state index in [9.17, 15) is 4.79 Å². The average molecular weight is 310 g/mol. The van der Waals surface area contributed by atoms with Crippen LogP contribution in [0.25, 0.3) is 6.08 Å². The van der Waals surface area contributed by atoms with E-state index in [1.165, 1.54) is 0 Å². The van der Waals surface area contributed by atoms with Crippen LogP contribution in [0.2, 0.25) is 0 Å². The summed E-state index contributed by atoms with van der Waals surface area (Å²) >= 11 is 0. The summed E-state index contributed by atoms with van der Waals surface area (Å²) < 4.78 is 5.13. The topological polar surface area (TPSA) is 55.6 Å². The second kappa shape index (κ2) is 7.49. The van der Waals surface area contributed by atoms with Gasteiger partial charge in [0.25, 0.3) is 5.91 Å². The molecule has 0 saturated heterocycles. The van der Waals surface area contributed by atoms with Crippen LogP contribution in [0.5, 0.6) is 5.75 Å². The molecule has 2 aromatic rings. The Balaban J connectivity index is 2.17. The number of likely N-dealkylation sites (N-methyl/N-ethyl adjacent to an activating group) is 1. The van der Waals surface area contributed by atoms with Gasteiger partial charge in [-0.25, -0.2) is 0 Å². The van der Waals surface area contributed by atoms with Gasteiger partial charge in [0.2, 0.25) is 0 Å². The van der Waals surface area contributed by atoms with Crippen molar-refractivity contribution in [2.24, 2.45) is 0 Å². The van der Waals surface area contributed by atoms with Crippen LogP contribution in [0.1, 0.15) is 18.1 Å². The van der Waals surface area contributed by atoms with E-state index in [4.69, 9.17) is 10.5 Å². The number of rotatable bonds is 5. The molecule has 0 aliphatic heterocycles. The maximum Gasteiger partial charge on any atom is 0.250 e. The third-order valence-corrected chi connectivity index (χ3v) is 3.57. The Bertz CT molecular complexity index is 723. The SMILES string of the molecule is CCN(C(=O)/C=C\c1ccc(OC)c(N)c1)c1cccc(C)c1. The zero-order chi connectivity index (χ0) is 16.8. The lowest BCUT2D eigenvalue weighted by molar-refractivity contribution is -0.114. The summed E-state index contributed by atoms with van der Waals surface area (Å²) in [7, 11) is 1.58. The number of hydrogen-bond donors (Lipinski definition) is 1. The lowest BCUT2D eigenvalue weighted by Crippen LogP contribution is -2.28. The highest BCUT2D eigenvalue weighted by Crippen LogP contribution is 2.23. The van der Waals surface area contributed by atoms with Gasteiger partial charge in [-0.3, -0.25) is 4.79 Å². The molecule has 120 valence electrons. The number of carbonyl (C=O) groups excluding carboxylic acids is 1. The second-order valence-electron chi connectivity index (χ2n) is 5.26. The van der Waals surface area contributed by atoms with E-state index in [-0.39, 0.29) is 5.91 Å². The number of nitrogens with zero attached hydrogens (tertiary/aromatic N) is 1. The van der Waals surface area contributed by atoms with Gasteiger partial charge in [0.05, 0.1) is 12.8 Å². The molecule has 2 N–H and O–H groups in total. The molecule has 0 unspecified atom stereocenters. The van der Waals surface area contributed by atoms with Crippen molar-refractivity contribution in [3.63, 3.8) is 0 Å². The lowest BCUT2D eigenvalue weighted by atomic mass is 10.1. The van der Waals surface area contributed by atoms with E-state index >= 15 is 0 Å². The van der Waals surface area contributed by atoms with E-state index < -0.39 is 0 Å². The molecule has 0 spiro atoms. The Hall–Kier alpha value is -2.75. The Kier molecular flexibility index (Phi) is 5.41. The molecule has 4 nitrogen and oxygen atoms in total. The number of carbonyl (C=O) groups is 1. The third kappa shape index (κ3) is 4.13. The number of benzene rings is 2. The summed E-state index contributed by atoms with van der Waals surface area (Å²) in [5, 5.41) is 0. The van der Waals surface area contributed by atoms with Crippen LogP contribution in [-0.4, -0.2) is 19.6 Å². The second-order valence-corrected chi connectivity index (χ2v) is 5.26. The minimum absolute atomic E-state index is 0.0625. The molecule has 0 saturated carbocycles. The number of nitrogen functional groups attached to an aromatic ring is 1. The van der Waals surface area contributed by atoms with E-state index in [2.05, 4.69) is 0 Å². The zero-order valence-electron chi connectivity index (χ0n) is 13.7. The number of hydrogen-bond acceptors (Lipinski definition) is 3. The molecule has 0 aliphatic carbocycles. The van der Waals surface area contributed by atoms with Gasteiger partial charge in [-0.15, -0.1) is 0 Å². The number of ether oxygens (including phenoxy) is 1. The molecule has 0 atom stereocenters. The molecule has 0 aliphatic rings. The summed E-state index contributed by atoms with van der Waals surface area (Å²) in [6.07, 6.45) is 3.32. The number of nitrogens with two attached hydrogens (primary N) is 1. The van der Waals surface area contributed by atoms with Gasteiger partial charge in [-0.1, -0.05) is 18.2 Å².